The molecular weight excluding hydrogens is 425 g/mol. The van der Waals surface area contributed by atoms with Gasteiger partial charge < -0.3 is 15.1 Å². The number of rotatable bonds is 3. The van der Waals surface area contributed by atoms with Gasteiger partial charge in [0.05, 0.1) is 11.7 Å². The number of aryl methyl sites for hydroxylation is 2. The molecule has 0 aromatic carbocycles. The first-order valence-corrected chi connectivity index (χ1v) is 9.70. The molecule has 11 heteroatoms. The molecule has 1 saturated heterocycles. The lowest BCUT2D eigenvalue weighted by molar-refractivity contribution is -0.137. The number of anilines is 1. The second kappa shape index (κ2) is 7.89. The first kappa shape index (κ1) is 21.7. The molecular formula is C21H19F3N6O2. The molecule has 0 saturated carbocycles. The second-order valence-corrected chi connectivity index (χ2v) is 7.57. The molecule has 3 aromatic heterocycles. The second-order valence-electron chi connectivity index (χ2n) is 7.57. The van der Waals surface area contributed by atoms with E-state index in [1.54, 1.807) is 42.0 Å². The van der Waals surface area contributed by atoms with Crippen molar-refractivity contribution >= 4 is 5.82 Å². The summed E-state index contributed by atoms with van der Waals surface area (Å²) in [5.74, 6) is 0.458. The summed E-state index contributed by atoms with van der Waals surface area (Å²) in [6, 6.07) is 6.63. The van der Waals surface area contributed by atoms with Crippen molar-refractivity contribution in [1.82, 2.24) is 19.5 Å². The summed E-state index contributed by atoms with van der Waals surface area (Å²) in [5.41, 5.74) is -1.03. The van der Waals surface area contributed by atoms with Crippen LogP contribution in [0.2, 0.25) is 0 Å². The van der Waals surface area contributed by atoms with Gasteiger partial charge in [-0.05, 0) is 32.0 Å². The Labute approximate surface area is 181 Å². The van der Waals surface area contributed by atoms with Crippen LogP contribution in [0.4, 0.5) is 19.0 Å². The average Bonchev–Trinajstić information content (AvgIpc) is 3.31. The zero-order valence-electron chi connectivity index (χ0n) is 17.1. The van der Waals surface area contributed by atoms with Crippen molar-refractivity contribution in [2.75, 3.05) is 11.4 Å². The number of aliphatic hydroxyl groups is 2. The zero-order chi connectivity index (χ0) is 23.2. The summed E-state index contributed by atoms with van der Waals surface area (Å²) >= 11 is 0. The van der Waals surface area contributed by atoms with Crippen LogP contribution >= 0.6 is 0 Å². The first-order chi connectivity index (χ1) is 15.1. The van der Waals surface area contributed by atoms with Crippen LogP contribution < -0.4 is 4.90 Å². The fourth-order valence-electron chi connectivity index (χ4n) is 3.92. The molecule has 8 nitrogen and oxygen atoms in total. The van der Waals surface area contributed by atoms with Gasteiger partial charge in [0.25, 0.3) is 0 Å². The number of pyridine rings is 2. The van der Waals surface area contributed by atoms with Crippen LogP contribution in [0.1, 0.15) is 34.4 Å². The third-order valence-corrected chi connectivity index (χ3v) is 5.31. The molecule has 0 unspecified atom stereocenters. The minimum absolute atomic E-state index is 0.0460. The van der Waals surface area contributed by atoms with Crippen LogP contribution in [0.25, 0.3) is 5.82 Å². The highest BCUT2D eigenvalue weighted by atomic mass is 19.4. The predicted octanol–water partition coefficient (Wildman–Crippen LogP) is 2.45. The molecule has 0 bridgehead atoms. The van der Waals surface area contributed by atoms with Crippen LogP contribution in [0.3, 0.4) is 0 Å². The van der Waals surface area contributed by atoms with E-state index < -0.39 is 35.6 Å². The maximum Gasteiger partial charge on any atom is 0.417 e. The molecule has 4 rings (SSSR count). The van der Waals surface area contributed by atoms with Crippen molar-refractivity contribution in [1.29, 1.82) is 5.26 Å². The Bertz CT molecular complexity index is 1200. The predicted molar refractivity (Wildman–Crippen MR) is 107 cm³/mol. The van der Waals surface area contributed by atoms with Gasteiger partial charge in [-0.15, -0.1) is 0 Å². The fraction of sp³-hybridized carbons (Fsp3) is 0.333. The average molecular weight is 444 g/mol. The van der Waals surface area contributed by atoms with E-state index in [9.17, 15) is 28.6 Å². The van der Waals surface area contributed by atoms with Crippen molar-refractivity contribution in [3.05, 3.63) is 65.0 Å². The van der Waals surface area contributed by atoms with Crippen LogP contribution in [0, 0.1) is 25.2 Å². The molecule has 1 aliphatic heterocycles. The molecule has 0 spiro atoms. The molecule has 4 heterocycles. The van der Waals surface area contributed by atoms with Crippen molar-refractivity contribution in [3.63, 3.8) is 0 Å². The van der Waals surface area contributed by atoms with Gasteiger partial charge in [-0.2, -0.15) is 18.4 Å². The number of β-amino-alcohol motifs (C(OH)–C–C–N with tert-alkyl or cyclic N) is 1. The van der Waals surface area contributed by atoms with E-state index in [0.29, 0.717) is 5.82 Å². The number of halogens is 3. The number of imidazole rings is 1. The Morgan fingerprint density at radius 1 is 1.16 bits per heavy atom. The molecule has 32 heavy (non-hydrogen) atoms. The Kier molecular flexibility index (Phi) is 5.36. The van der Waals surface area contributed by atoms with Crippen molar-refractivity contribution in [2.24, 2.45) is 0 Å². The lowest BCUT2D eigenvalue weighted by Crippen LogP contribution is -2.32. The summed E-state index contributed by atoms with van der Waals surface area (Å²) in [6.45, 7) is 2.95. The summed E-state index contributed by atoms with van der Waals surface area (Å²) in [6.07, 6.45) is -4.39. The Morgan fingerprint density at radius 2 is 1.91 bits per heavy atom. The highest BCUT2D eigenvalue weighted by molar-refractivity contribution is 5.61. The van der Waals surface area contributed by atoms with Gasteiger partial charge in [0, 0.05) is 30.3 Å². The van der Waals surface area contributed by atoms with E-state index >= 15 is 0 Å². The van der Waals surface area contributed by atoms with Crippen LogP contribution in [0.15, 0.2) is 36.7 Å². The number of aliphatic hydroxyl groups excluding tert-OH is 2. The van der Waals surface area contributed by atoms with Gasteiger partial charge >= 0.3 is 6.18 Å². The monoisotopic (exact) mass is 444 g/mol. The minimum Gasteiger partial charge on any atom is -0.388 e. The van der Waals surface area contributed by atoms with Gasteiger partial charge in [-0.3, -0.25) is 4.57 Å². The van der Waals surface area contributed by atoms with E-state index in [2.05, 4.69) is 15.0 Å². The number of hydrogen-bond acceptors (Lipinski definition) is 7. The number of hydrogen-bond donors (Lipinski definition) is 2. The van der Waals surface area contributed by atoms with E-state index in [1.807, 2.05) is 0 Å². The molecule has 2 N–H and O–H groups in total. The van der Waals surface area contributed by atoms with Crippen molar-refractivity contribution in [3.8, 4) is 11.9 Å². The molecule has 1 fully saturated rings. The van der Waals surface area contributed by atoms with Gasteiger partial charge in [0.15, 0.2) is 0 Å². The van der Waals surface area contributed by atoms with Crippen molar-refractivity contribution in [2.45, 2.75) is 38.3 Å². The Balaban J connectivity index is 1.89. The standard InChI is InChI=1S/C21H19F3N6O2/c1-11-4-3-5-16(27-11)29-7-6-26-20(29)17-18(32)15(31)10-30(17)19-13(9-25)14(21(22,23)24)8-12(2)28-19/h3-8,15,17-18,31-32H,10H2,1-2H3/t15-,17-,18-/m0/s1. The summed E-state index contributed by atoms with van der Waals surface area (Å²) < 4.78 is 42.4. The fourth-order valence-corrected chi connectivity index (χ4v) is 3.92. The lowest BCUT2D eigenvalue weighted by Gasteiger charge is -2.28. The topological polar surface area (TPSA) is 111 Å². The van der Waals surface area contributed by atoms with Gasteiger partial charge in [0.2, 0.25) is 0 Å². The maximum absolute atomic E-state index is 13.6. The summed E-state index contributed by atoms with van der Waals surface area (Å²) in [4.78, 5) is 14.2. The SMILES string of the molecule is Cc1cccc(-n2ccnc2[C@@H]2[C@@H](O)[C@@H](O)CN2c2nc(C)cc(C(F)(F)F)c2C#N)n1. The van der Waals surface area contributed by atoms with Crippen LogP contribution in [0.5, 0.6) is 0 Å². The third kappa shape index (κ3) is 3.68. The van der Waals surface area contributed by atoms with E-state index in [1.165, 1.54) is 18.0 Å². The van der Waals surface area contributed by atoms with E-state index in [-0.39, 0.29) is 23.9 Å². The smallest absolute Gasteiger partial charge is 0.388 e. The first-order valence-electron chi connectivity index (χ1n) is 9.70. The lowest BCUT2D eigenvalue weighted by atomic mass is 10.1. The Morgan fingerprint density at radius 3 is 2.56 bits per heavy atom. The molecule has 1 aliphatic rings. The summed E-state index contributed by atoms with van der Waals surface area (Å²) in [5, 5.41) is 30.7. The van der Waals surface area contributed by atoms with Gasteiger partial charge in [-0.25, -0.2) is 15.0 Å². The van der Waals surface area contributed by atoms with Crippen LogP contribution in [-0.2, 0) is 6.18 Å². The highest BCUT2D eigenvalue weighted by Crippen LogP contribution is 2.41. The molecule has 0 amide bonds. The van der Waals surface area contributed by atoms with E-state index in [0.717, 1.165) is 11.8 Å². The largest absolute Gasteiger partial charge is 0.417 e. The normalized spacial score (nSPS) is 21.1. The number of alkyl halides is 3. The van der Waals surface area contributed by atoms with E-state index in [4.69, 9.17) is 0 Å². The maximum atomic E-state index is 13.6. The molecule has 3 atom stereocenters. The number of nitriles is 1. The summed E-state index contributed by atoms with van der Waals surface area (Å²) in [7, 11) is 0. The molecule has 0 radical (unpaired) electrons. The highest BCUT2D eigenvalue weighted by Gasteiger charge is 2.46. The van der Waals surface area contributed by atoms with Crippen molar-refractivity contribution < 1.29 is 23.4 Å². The number of nitrogens with zero attached hydrogens (tertiary/aromatic N) is 6. The molecule has 166 valence electrons. The van der Waals surface area contributed by atoms with Gasteiger partial charge in [0.1, 0.15) is 41.2 Å². The quantitative estimate of drug-likeness (QED) is 0.638. The third-order valence-electron chi connectivity index (χ3n) is 5.31. The zero-order valence-corrected chi connectivity index (χ0v) is 17.1. The molecule has 3 aromatic rings. The molecule has 0 aliphatic carbocycles. The number of aromatic nitrogens is 4. The Hall–Kier alpha value is -3.49. The van der Waals surface area contributed by atoms with Gasteiger partial charge in [-0.1, -0.05) is 6.07 Å². The minimum atomic E-state index is -4.77. The van der Waals surface area contributed by atoms with Crippen LogP contribution in [-0.4, -0.2) is 48.5 Å².